The van der Waals surface area contributed by atoms with Crippen LogP contribution in [0.25, 0.3) is 11.3 Å². The molecule has 2 rings (SSSR count). The van der Waals surface area contributed by atoms with Crippen LogP contribution in [-0.4, -0.2) is 11.6 Å². The highest BCUT2D eigenvalue weighted by Crippen LogP contribution is 2.31. The van der Waals surface area contributed by atoms with Crippen molar-refractivity contribution >= 4 is 17.0 Å². The Labute approximate surface area is 131 Å². The van der Waals surface area contributed by atoms with Crippen LogP contribution in [0.2, 0.25) is 0 Å². The van der Waals surface area contributed by atoms with Crippen molar-refractivity contribution < 1.29 is 4.74 Å². The van der Waals surface area contributed by atoms with E-state index in [1.54, 1.807) is 11.3 Å². The highest BCUT2D eigenvalue weighted by atomic mass is 32.1. The zero-order chi connectivity index (χ0) is 15.2. The summed E-state index contributed by atoms with van der Waals surface area (Å²) in [7, 11) is 0. The van der Waals surface area contributed by atoms with E-state index in [2.05, 4.69) is 31.1 Å². The first kappa shape index (κ1) is 15.8. The monoisotopic (exact) mass is 304 g/mol. The lowest BCUT2D eigenvalue weighted by Gasteiger charge is -2.09. The van der Waals surface area contributed by atoms with E-state index in [0.717, 1.165) is 35.0 Å². The fraction of sp³-hybridized carbons (Fsp3) is 0.471. The molecule has 0 amide bonds. The molecule has 0 bridgehead atoms. The van der Waals surface area contributed by atoms with Gasteiger partial charge in [0.2, 0.25) is 0 Å². The number of hydrogen-bond acceptors (Lipinski definition) is 4. The highest BCUT2D eigenvalue weighted by Gasteiger charge is 2.09. The molecule has 0 atom stereocenters. The van der Waals surface area contributed by atoms with E-state index in [-0.39, 0.29) is 0 Å². The minimum atomic E-state index is 0.460. The van der Waals surface area contributed by atoms with Gasteiger partial charge in [-0.3, -0.25) is 0 Å². The zero-order valence-corrected chi connectivity index (χ0v) is 13.9. The lowest BCUT2D eigenvalue weighted by Crippen LogP contribution is -2.00. The SMILES string of the molecule is CCCCCOc1ccc(-c2csc(C(C)C)n2)cc1N. The molecular weight excluding hydrogens is 280 g/mol. The van der Waals surface area contributed by atoms with Gasteiger partial charge in [0.25, 0.3) is 0 Å². The van der Waals surface area contributed by atoms with Crippen LogP contribution in [0.15, 0.2) is 23.6 Å². The molecule has 2 N–H and O–H groups in total. The smallest absolute Gasteiger partial charge is 0.142 e. The molecule has 0 aliphatic carbocycles. The summed E-state index contributed by atoms with van der Waals surface area (Å²) in [6, 6.07) is 5.93. The molecule has 1 aromatic heterocycles. The van der Waals surface area contributed by atoms with Gasteiger partial charge in [-0.2, -0.15) is 0 Å². The number of thiazole rings is 1. The van der Waals surface area contributed by atoms with Crippen molar-refractivity contribution in [2.75, 3.05) is 12.3 Å². The normalized spacial score (nSPS) is 11.0. The molecular formula is C17H24N2OS. The Morgan fingerprint density at radius 3 is 2.71 bits per heavy atom. The van der Waals surface area contributed by atoms with E-state index in [4.69, 9.17) is 10.5 Å². The molecule has 0 spiro atoms. The molecule has 0 saturated heterocycles. The summed E-state index contributed by atoms with van der Waals surface area (Å²) in [4.78, 5) is 4.66. The predicted molar refractivity (Wildman–Crippen MR) is 91.1 cm³/mol. The van der Waals surface area contributed by atoms with Gasteiger partial charge in [-0.1, -0.05) is 33.6 Å². The molecule has 114 valence electrons. The maximum Gasteiger partial charge on any atom is 0.142 e. The molecule has 0 saturated carbocycles. The van der Waals surface area contributed by atoms with Crippen molar-refractivity contribution in [2.24, 2.45) is 0 Å². The molecule has 4 heteroatoms. The van der Waals surface area contributed by atoms with Gasteiger partial charge in [-0.05, 0) is 24.6 Å². The first-order valence-electron chi connectivity index (χ1n) is 7.60. The van der Waals surface area contributed by atoms with Crippen LogP contribution >= 0.6 is 11.3 Å². The van der Waals surface area contributed by atoms with Crippen molar-refractivity contribution in [1.29, 1.82) is 0 Å². The molecule has 2 aromatic rings. The summed E-state index contributed by atoms with van der Waals surface area (Å²) in [6.45, 7) is 7.22. The Morgan fingerprint density at radius 2 is 2.10 bits per heavy atom. The van der Waals surface area contributed by atoms with Gasteiger partial charge < -0.3 is 10.5 Å². The second kappa shape index (κ2) is 7.46. The number of nitrogens with zero attached hydrogens (tertiary/aromatic N) is 1. The summed E-state index contributed by atoms with van der Waals surface area (Å²) in [5.41, 5.74) is 8.82. The van der Waals surface area contributed by atoms with Crippen LogP contribution in [0.1, 0.15) is 51.0 Å². The maximum absolute atomic E-state index is 6.09. The molecule has 3 nitrogen and oxygen atoms in total. The molecule has 0 aliphatic heterocycles. The number of benzene rings is 1. The third-order valence-electron chi connectivity index (χ3n) is 3.33. The number of unbranched alkanes of at least 4 members (excludes halogenated alkanes) is 2. The van der Waals surface area contributed by atoms with E-state index >= 15 is 0 Å². The van der Waals surface area contributed by atoms with Crippen LogP contribution in [0.4, 0.5) is 5.69 Å². The Morgan fingerprint density at radius 1 is 1.29 bits per heavy atom. The number of aromatic nitrogens is 1. The summed E-state index contributed by atoms with van der Waals surface area (Å²) >= 11 is 1.70. The van der Waals surface area contributed by atoms with Crippen LogP contribution in [0, 0.1) is 0 Å². The van der Waals surface area contributed by atoms with Gasteiger partial charge in [-0.15, -0.1) is 11.3 Å². The van der Waals surface area contributed by atoms with Crippen LogP contribution in [0.3, 0.4) is 0 Å². The fourth-order valence-electron chi connectivity index (χ4n) is 2.06. The third-order valence-corrected chi connectivity index (χ3v) is 4.47. The van der Waals surface area contributed by atoms with Gasteiger partial charge >= 0.3 is 0 Å². The average Bonchev–Trinajstić information content (AvgIpc) is 2.95. The lowest BCUT2D eigenvalue weighted by atomic mass is 10.1. The first-order valence-corrected chi connectivity index (χ1v) is 8.48. The van der Waals surface area contributed by atoms with Gasteiger partial charge in [-0.25, -0.2) is 4.98 Å². The lowest BCUT2D eigenvalue weighted by molar-refractivity contribution is 0.308. The molecule has 0 unspecified atom stereocenters. The van der Waals surface area contributed by atoms with Crippen molar-refractivity contribution in [1.82, 2.24) is 4.98 Å². The van der Waals surface area contributed by atoms with Gasteiger partial charge in [0, 0.05) is 16.9 Å². The number of nitrogens with two attached hydrogens (primary N) is 1. The topological polar surface area (TPSA) is 48.1 Å². The molecule has 0 radical (unpaired) electrons. The minimum Gasteiger partial charge on any atom is -0.491 e. The quantitative estimate of drug-likeness (QED) is 0.573. The number of nitrogen functional groups attached to an aromatic ring is 1. The predicted octanol–water partition coefficient (Wildman–Crippen LogP) is 5.08. The Kier molecular flexibility index (Phi) is 5.62. The van der Waals surface area contributed by atoms with Gasteiger partial charge in [0.05, 0.1) is 23.0 Å². The van der Waals surface area contributed by atoms with E-state index in [1.807, 2.05) is 18.2 Å². The summed E-state index contributed by atoms with van der Waals surface area (Å²) in [5.74, 6) is 1.23. The van der Waals surface area contributed by atoms with Crippen LogP contribution in [0.5, 0.6) is 5.75 Å². The molecule has 1 aromatic carbocycles. The number of anilines is 1. The van der Waals surface area contributed by atoms with Crippen molar-refractivity contribution in [2.45, 2.75) is 46.0 Å². The summed E-state index contributed by atoms with van der Waals surface area (Å²) < 4.78 is 5.73. The minimum absolute atomic E-state index is 0.460. The van der Waals surface area contributed by atoms with E-state index < -0.39 is 0 Å². The molecule has 0 aliphatic rings. The molecule has 1 heterocycles. The summed E-state index contributed by atoms with van der Waals surface area (Å²) in [6.07, 6.45) is 3.45. The number of ether oxygens (including phenoxy) is 1. The van der Waals surface area contributed by atoms with Crippen molar-refractivity contribution in [3.8, 4) is 17.0 Å². The zero-order valence-electron chi connectivity index (χ0n) is 13.1. The van der Waals surface area contributed by atoms with Gasteiger partial charge in [0.1, 0.15) is 5.75 Å². The van der Waals surface area contributed by atoms with E-state index in [0.29, 0.717) is 11.6 Å². The summed E-state index contributed by atoms with van der Waals surface area (Å²) in [5, 5.41) is 3.25. The molecule has 0 fully saturated rings. The van der Waals surface area contributed by atoms with E-state index in [9.17, 15) is 0 Å². The number of hydrogen-bond donors (Lipinski definition) is 1. The fourth-order valence-corrected chi connectivity index (χ4v) is 2.90. The van der Waals surface area contributed by atoms with Crippen molar-refractivity contribution in [3.05, 3.63) is 28.6 Å². The second-order valence-electron chi connectivity index (χ2n) is 5.53. The van der Waals surface area contributed by atoms with Crippen LogP contribution in [-0.2, 0) is 0 Å². The molecule has 21 heavy (non-hydrogen) atoms. The Bertz CT molecular complexity index is 578. The second-order valence-corrected chi connectivity index (χ2v) is 6.42. The van der Waals surface area contributed by atoms with Gasteiger partial charge in [0.15, 0.2) is 0 Å². The van der Waals surface area contributed by atoms with Crippen LogP contribution < -0.4 is 10.5 Å². The maximum atomic E-state index is 6.09. The third kappa shape index (κ3) is 4.21. The largest absolute Gasteiger partial charge is 0.491 e. The van der Waals surface area contributed by atoms with E-state index in [1.165, 1.54) is 12.8 Å². The van der Waals surface area contributed by atoms with Crippen molar-refractivity contribution in [3.63, 3.8) is 0 Å². The Balaban J connectivity index is 2.07. The highest BCUT2D eigenvalue weighted by molar-refractivity contribution is 7.10. The Hall–Kier alpha value is -1.55. The number of rotatable bonds is 7. The average molecular weight is 304 g/mol. The first-order chi connectivity index (χ1) is 10.1. The standard InChI is InChI=1S/C17H24N2OS/c1-4-5-6-9-20-16-8-7-13(10-14(16)18)15-11-21-17(19-15)12(2)3/h7-8,10-12H,4-6,9,18H2,1-3H3.